The molecule has 11 rings (SSSR count). The number of nitrogens with two attached hydrogens (primary N) is 1. The van der Waals surface area contributed by atoms with Gasteiger partial charge in [-0.15, -0.1) is 11.3 Å². The second kappa shape index (κ2) is 13.9. The molecule has 0 fully saturated rings. The number of thiophene rings is 1. The minimum Gasteiger partial charge on any atom is -0.455 e. The van der Waals surface area contributed by atoms with Crippen LogP contribution < -0.4 is 16.4 Å². The highest BCUT2D eigenvalue weighted by Crippen LogP contribution is 2.46. The molecule has 0 radical (unpaired) electrons. The lowest BCUT2D eigenvalue weighted by Gasteiger charge is -2.25. The van der Waals surface area contributed by atoms with Crippen LogP contribution in [0.15, 0.2) is 185 Å². The van der Waals surface area contributed by atoms with Crippen molar-refractivity contribution in [3.05, 3.63) is 193 Å². The van der Waals surface area contributed by atoms with E-state index in [9.17, 15) is 0 Å². The van der Waals surface area contributed by atoms with Crippen molar-refractivity contribution in [2.45, 2.75) is 18.9 Å². The van der Waals surface area contributed by atoms with Gasteiger partial charge in [0.25, 0.3) is 0 Å². The van der Waals surface area contributed by atoms with Gasteiger partial charge in [0.2, 0.25) is 0 Å². The lowest BCUT2D eigenvalue weighted by molar-refractivity contribution is 0.385. The zero-order valence-electron chi connectivity index (χ0n) is 30.9. The Bertz CT molecular complexity index is 3250. The molecule has 3 aromatic heterocycles. The predicted molar refractivity (Wildman–Crippen MR) is 237 cm³/mol. The average Bonchev–Trinajstić information content (AvgIpc) is 3.97. The first-order valence-electron chi connectivity index (χ1n) is 19.3. The predicted octanol–water partition coefficient (Wildman–Crippen LogP) is 13.2. The van der Waals surface area contributed by atoms with Gasteiger partial charge in [0, 0.05) is 76.1 Å². The van der Waals surface area contributed by atoms with E-state index in [0.29, 0.717) is 6.54 Å². The second-order valence-corrected chi connectivity index (χ2v) is 15.7. The molecule has 3 heterocycles. The Morgan fingerprint density at radius 2 is 0.947 bits per heavy atom. The summed E-state index contributed by atoms with van der Waals surface area (Å²) in [5.41, 5.74) is 17.6. The fraction of sp³-hybridized carbons (Fsp3) is 0.0588. The van der Waals surface area contributed by atoms with Crippen molar-refractivity contribution in [2.24, 2.45) is 5.73 Å². The minimum atomic E-state index is -0.406. The molecule has 6 heteroatoms. The van der Waals surface area contributed by atoms with Crippen LogP contribution >= 0.6 is 11.3 Å². The smallest absolute Gasteiger partial charge is 0.143 e. The average molecular weight is 756 g/mol. The molecule has 0 bridgehead atoms. The molecule has 2 atom stereocenters. The van der Waals surface area contributed by atoms with Crippen LogP contribution in [-0.2, 0) is 6.54 Å². The lowest BCUT2D eigenvalue weighted by Crippen LogP contribution is -2.39. The number of fused-ring (bicyclic) bond motifs is 9. The molecule has 0 saturated carbocycles. The standard InChI is InChI=1S/C51H37N3O2S/c52-50(32-16-5-2-6-17-32)54-51(53-30-31-14-3-1-4-15-31)43-28-12-24-39-38-22-10-20-35(46(38)56-48(39)43)34-19-9-21-36-37-23-11-25-40(47(37)55-45(34)36)42-27-13-26-41-33-18-7-8-29-44(33)57-49(41)42/h1-29,50-51,53-54H,30,52H2. The van der Waals surface area contributed by atoms with Gasteiger partial charge in [0.15, 0.2) is 0 Å². The van der Waals surface area contributed by atoms with Crippen LogP contribution in [0.1, 0.15) is 29.0 Å². The molecular weight excluding hydrogens is 719 g/mol. The summed E-state index contributed by atoms with van der Waals surface area (Å²) in [4.78, 5) is 0. The Hall–Kier alpha value is -6.54. The normalized spacial score (nSPS) is 13.1. The molecule has 11 aromatic rings. The van der Waals surface area contributed by atoms with Gasteiger partial charge >= 0.3 is 0 Å². The van der Waals surface area contributed by atoms with Gasteiger partial charge < -0.3 is 14.6 Å². The third-order valence-electron chi connectivity index (χ3n) is 11.2. The molecule has 5 nitrogen and oxygen atoms in total. The van der Waals surface area contributed by atoms with Gasteiger partial charge in [-0.2, -0.15) is 0 Å². The summed E-state index contributed by atoms with van der Waals surface area (Å²) in [5.74, 6) is 0. The SMILES string of the molecule is NC(NC(NCc1ccccc1)c1cccc2c1oc1c(-c3cccc4c3oc3c(-c5cccc6c5sc5ccccc56)cccc34)cccc12)c1ccccc1. The topological polar surface area (TPSA) is 76.4 Å². The summed E-state index contributed by atoms with van der Waals surface area (Å²) in [7, 11) is 0. The first-order valence-corrected chi connectivity index (χ1v) is 20.1. The van der Waals surface area contributed by atoms with E-state index in [-0.39, 0.29) is 6.17 Å². The molecule has 8 aromatic carbocycles. The molecule has 0 aliphatic rings. The van der Waals surface area contributed by atoms with E-state index in [1.54, 1.807) is 0 Å². The summed E-state index contributed by atoms with van der Waals surface area (Å²) in [5, 5.41) is 14.2. The van der Waals surface area contributed by atoms with Crippen molar-refractivity contribution in [2.75, 3.05) is 0 Å². The van der Waals surface area contributed by atoms with Gasteiger partial charge in [-0.1, -0.05) is 170 Å². The first kappa shape index (κ1) is 33.8. The van der Waals surface area contributed by atoms with E-state index >= 15 is 0 Å². The van der Waals surface area contributed by atoms with Crippen molar-refractivity contribution >= 4 is 75.4 Å². The second-order valence-electron chi connectivity index (χ2n) is 14.6. The fourth-order valence-corrected chi connectivity index (χ4v) is 9.73. The van der Waals surface area contributed by atoms with E-state index in [1.807, 2.05) is 47.7 Å². The summed E-state index contributed by atoms with van der Waals surface area (Å²) in [6.45, 7) is 0.648. The van der Waals surface area contributed by atoms with Gasteiger partial charge in [0.1, 0.15) is 22.3 Å². The Morgan fingerprint density at radius 3 is 1.61 bits per heavy atom. The summed E-state index contributed by atoms with van der Waals surface area (Å²) in [6, 6.07) is 61.5. The third-order valence-corrected chi connectivity index (χ3v) is 12.5. The van der Waals surface area contributed by atoms with Gasteiger partial charge in [0.05, 0.1) is 12.3 Å². The highest BCUT2D eigenvalue weighted by atomic mass is 32.1. The quantitative estimate of drug-likeness (QED) is 0.128. The summed E-state index contributed by atoms with van der Waals surface area (Å²) in [6.07, 6.45) is -0.716. The number of hydrogen-bond acceptors (Lipinski definition) is 6. The Balaban J connectivity index is 1.05. The van der Waals surface area contributed by atoms with Crippen LogP contribution in [0.5, 0.6) is 0 Å². The number of rotatable bonds is 9. The molecule has 57 heavy (non-hydrogen) atoms. The van der Waals surface area contributed by atoms with Gasteiger partial charge in [-0.05, 0) is 17.2 Å². The Kier molecular flexibility index (Phi) is 8.23. The highest BCUT2D eigenvalue weighted by molar-refractivity contribution is 7.26. The van der Waals surface area contributed by atoms with Crippen LogP contribution in [-0.4, -0.2) is 0 Å². The Morgan fingerprint density at radius 1 is 0.456 bits per heavy atom. The largest absolute Gasteiger partial charge is 0.455 e. The maximum atomic E-state index is 7.02. The summed E-state index contributed by atoms with van der Waals surface area (Å²) < 4.78 is 16.6. The van der Waals surface area contributed by atoms with Crippen molar-refractivity contribution in [1.29, 1.82) is 0 Å². The fourth-order valence-electron chi connectivity index (χ4n) is 8.50. The molecule has 0 aliphatic heterocycles. The molecule has 2 unspecified atom stereocenters. The monoisotopic (exact) mass is 755 g/mol. The van der Waals surface area contributed by atoms with Crippen molar-refractivity contribution in [1.82, 2.24) is 10.6 Å². The van der Waals surface area contributed by atoms with E-state index in [0.717, 1.165) is 71.7 Å². The maximum absolute atomic E-state index is 7.02. The lowest BCUT2D eigenvalue weighted by atomic mass is 9.98. The van der Waals surface area contributed by atoms with E-state index in [2.05, 4.69) is 150 Å². The van der Waals surface area contributed by atoms with Crippen LogP contribution in [0.25, 0.3) is 86.3 Å². The van der Waals surface area contributed by atoms with E-state index in [4.69, 9.17) is 14.6 Å². The molecule has 4 N–H and O–H groups in total. The van der Waals surface area contributed by atoms with Crippen LogP contribution in [0, 0.1) is 0 Å². The minimum absolute atomic E-state index is 0.309. The van der Waals surface area contributed by atoms with Crippen LogP contribution in [0.2, 0.25) is 0 Å². The Labute approximate surface area is 333 Å². The van der Waals surface area contributed by atoms with Gasteiger partial charge in [-0.3, -0.25) is 10.6 Å². The van der Waals surface area contributed by atoms with Crippen LogP contribution in [0.3, 0.4) is 0 Å². The van der Waals surface area contributed by atoms with Gasteiger partial charge in [-0.25, -0.2) is 0 Å². The van der Waals surface area contributed by atoms with Crippen molar-refractivity contribution in [3.63, 3.8) is 0 Å². The van der Waals surface area contributed by atoms with Crippen molar-refractivity contribution < 1.29 is 8.83 Å². The zero-order valence-corrected chi connectivity index (χ0v) is 31.7. The molecule has 0 amide bonds. The number of benzene rings is 8. The molecule has 274 valence electrons. The molecule has 0 saturated heterocycles. The number of para-hydroxylation sites is 4. The maximum Gasteiger partial charge on any atom is 0.143 e. The molecule has 0 aliphatic carbocycles. The first-order chi connectivity index (χ1) is 28.2. The third kappa shape index (κ3) is 5.73. The highest BCUT2D eigenvalue weighted by Gasteiger charge is 2.24. The molecule has 0 spiro atoms. The molecular formula is C51H37N3O2S. The number of hydrogen-bond donors (Lipinski definition) is 3. The number of nitrogens with one attached hydrogen (secondary N) is 2. The zero-order chi connectivity index (χ0) is 37.9. The van der Waals surface area contributed by atoms with Crippen LogP contribution in [0.4, 0.5) is 0 Å². The summed E-state index contributed by atoms with van der Waals surface area (Å²) >= 11 is 1.84. The van der Waals surface area contributed by atoms with Crippen molar-refractivity contribution in [3.8, 4) is 22.3 Å². The van der Waals surface area contributed by atoms with E-state index in [1.165, 1.54) is 31.3 Å². The number of furan rings is 2. The van der Waals surface area contributed by atoms with E-state index < -0.39 is 6.17 Å².